The predicted octanol–water partition coefficient (Wildman–Crippen LogP) is 3.58. The van der Waals surface area contributed by atoms with Gasteiger partial charge in [0.15, 0.2) is 12.4 Å². The number of hydrogen-bond donors (Lipinski definition) is 2. The van der Waals surface area contributed by atoms with Gasteiger partial charge in [0.25, 0.3) is 5.91 Å². The molecule has 2 N–H and O–H groups in total. The molecule has 0 bridgehead atoms. The Bertz CT molecular complexity index is 1190. The number of carbonyl (C=O) groups excluding carboxylic acids is 3. The number of ketones is 1. The highest BCUT2D eigenvalue weighted by atomic mass is 16.5. The first-order valence-corrected chi connectivity index (χ1v) is 9.30. The number of para-hydroxylation sites is 1. The molecule has 0 aliphatic carbocycles. The van der Waals surface area contributed by atoms with E-state index in [-0.39, 0.29) is 18.1 Å². The number of hydrogen-bond acceptors (Lipinski definition) is 5. The number of ether oxygens (including phenoxy) is 1. The van der Waals surface area contributed by atoms with Crippen LogP contribution in [0.4, 0.5) is 0 Å². The molecule has 4 rings (SSSR count). The van der Waals surface area contributed by atoms with Crippen LogP contribution >= 0.6 is 0 Å². The van der Waals surface area contributed by atoms with Gasteiger partial charge in [-0.2, -0.15) is 0 Å². The summed E-state index contributed by atoms with van der Waals surface area (Å²) in [4.78, 5) is 40.0. The van der Waals surface area contributed by atoms with Crippen molar-refractivity contribution in [3.05, 3.63) is 84.3 Å². The van der Waals surface area contributed by atoms with Gasteiger partial charge >= 0.3 is 5.97 Å². The Labute approximate surface area is 171 Å². The molecule has 0 aliphatic rings. The van der Waals surface area contributed by atoms with Crippen LogP contribution in [-0.2, 0) is 9.53 Å². The Morgan fingerprint density at radius 3 is 2.47 bits per heavy atom. The van der Waals surface area contributed by atoms with Crippen LogP contribution in [0.25, 0.3) is 22.2 Å². The lowest BCUT2D eigenvalue weighted by atomic mass is 10.0. The van der Waals surface area contributed by atoms with Crippen LogP contribution in [0.5, 0.6) is 0 Å². The summed E-state index contributed by atoms with van der Waals surface area (Å²) < 4.78 is 10.0. The fraction of sp³-hybridized carbons (Fsp3) is 0.0870. The van der Waals surface area contributed by atoms with Crippen molar-refractivity contribution in [1.29, 1.82) is 0 Å². The summed E-state index contributed by atoms with van der Waals surface area (Å²) in [5.41, 5.74) is 2.80. The highest BCUT2D eigenvalue weighted by Gasteiger charge is 2.21. The quantitative estimate of drug-likeness (QED) is 0.363. The number of rotatable bonds is 7. The Balaban J connectivity index is 1.47. The molecule has 7 heteroatoms. The SMILES string of the molecule is O=C(CNC(=O)c1ccco1)OCC(=O)c1c(-c2ccccc2)[nH]c2ccccc12. The van der Waals surface area contributed by atoms with E-state index in [9.17, 15) is 14.4 Å². The number of furan rings is 1. The Hall–Kier alpha value is -4.13. The van der Waals surface area contributed by atoms with E-state index in [1.54, 1.807) is 6.07 Å². The minimum atomic E-state index is -0.718. The molecule has 0 unspecified atom stereocenters. The van der Waals surface area contributed by atoms with Gasteiger partial charge in [0.05, 0.1) is 17.5 Å². The minimum Gasteiger partial charge on any atom is -0.459 e. The third-order valence-corrected chi connectivity index (χ3v) is 4.55. The molecule has 2 heterocycles. The van der Waals surface area contributed by atoms with Gasteiger partial charge in [-0.15, -0.1) is 0 Å². The third-order valence-electron chi connectivity index (χ3n) is 4.55. The maximum atomic E-state index is 12.9. The average molecular weight is 402 g/mol. The van der Waals surface area contributed by atoms with Crippen molar-refractivity contribution in [2.24, 2.45) is 0 Å². The van der Waals surface area contributed by atoms with Gasteiger partial charge in [-0.3, -0.25) is 14.4 Å². The van der Waals surface area contributed by atoms with Crippen LogP contribution < -0.4 is 5.32 Å². The van der Waals surface area contributed by atoms with Crippen molar-refractivity contribution in [1.82, 2.24) is 10.3 Å². The zero-order valence-electron chi connectivity index (χ0n) is 15.9. The summed E-state index contributed by atoms with van der Waals surface area (Å²) in [6.07, 6.45) is 1.36. The Morgan fingerprint density at radius 1 is 0.933 bits per heavy atom. The normalized spacial score (nSPS) is 10.7. The second kappa shape index (κ2) is 8.48. The zero-order chi connectivity index (χ0) is 20.9. The van der Waals surface area contributed by atoms with Gasteiger partial charge in [0.1, 0.15) is 6.54 Å². The highest BCUT2D eigenvalue weighted by molar-refractivity contribution is 6.14. The summed E-state index contributed by atoms with van der Waals surface area (Å²) in [6.45, 7) is -0.802. The second-order valence-corrected chi connectivity index (χ2v) is 6.53. The number of aromatic nitrogens is 1. The smallest absolute Gasteiger partial charge is 0.325 e. The predicted molar refractivity (Wildman–Crippen MR) is 110 cm³/mol. The highest BCUT2D eigenvalue weighted by Crippen LogP contribution is 2.30. The number of aromatic amines is 1. The number of benzene rings is 2. The molecule has 7 nitrogen and oxygen atoms in total. The molecule has 0 saturated carbocycles. The molecule has 2 aromatic heterocycles. The topological polar surface area (TPSA) is 101 Å². The molecule has 2 aromatic carbocycles. The molecule has 0 spiro atoms. The van der Waals surface area contributed by atoms with E-state index < -0.39 is 18.5 Å². The lowest BCUT2D eigenvalue weighted by Gasteiger charge is -2.07. The van der Waals surface area contributed by atoms with E-state index >= 15 is 0 Å². The van der Waals surface area contributed by atoms with E-state index in [1.165, 1.54) is 12.3 Å². The van der Waals surface area contributed by atoms with Crippen molar-refractivity contribution in [2.45, 2.75) is 0 Å². The van der Waals surface area contributed by atoms with E-state index in [0.29, 0.717) is 11.3 Å². The number of nitrogens with one attached hydrogen (secondary N) is 2. The van der Waals surface area contributed by atoms with Crippen LogP contribution in [0.2, 0.25) is 0 Å². The molecule has 4 aromatic rings. The number of amides is 1. The van der Waals surface area contributed by atoms with Gasteiger partial charge in [0.2, 0.25) is 5.78 Å². The standard InChI is InChI=1S/C23H18N2O5/c26-18(14-30-20(27)13-24-23(28)19-11-6-12-29-19)21-16-9-4-5-10-17(16)25-22(21)15-7-2-1-3-8-15/h1-12,25H,13-14H2,(H,24,28). The number of fused-ring (bicyclic) bond motifs is 1. The van der Waals surface area contributed by atoms with Crippen molar-refractivity contribution >= 4 is 28.6 Å². The molecule has 1 amide bonds. The lowest BCUT2D eigenvalue weighted by Crippen LogP contribution is -2.31. The lowest BCUT2D eigenvalue weighted by molar-refractivity contribution is -0.141. The van der Waals surface area contributed by atoms with Crippen LogP contribution in [-0.4, -0.2) is 35.8 Å². The fourth-order valence-electron chi connectivity index (χ4n) is 3.17. The van der Waals surface area contributed by atoms with Crippen molar-refractivity contribution in [3.8, 4) is 11.3 Å². The van der Waals surface area contributed by atoms with Gasteiger partial charge in [-0.05, 0) is 23.8 Å². The molecule has 0 fully saturated rings. The van der Waals surface area contributed by atoms with E-state index in [4.69, 9.17) is 9.15 Å². The molecule has 30 heavy (non-hydrogen) atoms. The number of Topliss-reactive ketones (excluding diaryl/α,β-unsaturated/α-hetero) is 1. The van der Waals surface area contributed by atoms with E-state index in [2.05, 4.69) is 10.3 Å². The fourth-order valence-corrected chi connectivity index (χ4v) is 3.17. The Kier molecular flexibility index (Phi) is 5.43. The van der Waals surface area contributed by atoms with Crippen molar-refractivity contribution < 1.29 is 23.5 Å². The van der Waals surface area contributed by atoms with Gasteiger partial charge < -0.3 is 19.5 Å². The van der Waals surface area contributed by atoms with E-state index in [1.807, 2.05) is 54.6 Å². The largest absolute Gasteiger partial charge is 0.459 e. The van der Waals surface area contributed by atoms with Gasteiger partial charge in [0, 0.05) is 10.9 Å². The maximum absolute atomic E-state index is 12.9. The molecule has 0 saturated heterocycles. The van der Waals surface area contributed by atoms with Gasteiger partial charge in [-0.1, -0.05) is 48.5 Å². The number of H-pyrrole nitrogens is 1. The maximum Gasteiger partial charge on any atom is 0.325 e. The number of esters is 1. The van der Waals surface area contributed by atoms with Crippen molar-refractivity contribution in [2.75, 3.05) is 13.2 Å². The van der Waals surface area contributed by atoms with Crippen LogP contribution in [0.1, 0.15) is 20.9 Å². The molecule has 0 radical (unpaired) electrons. The Morgan fingerprint density at radius 2 is 1.70 bits per heavy atom. The summed E-state index contributed by atoms with van der Waals surface area (Å²) >= 11 is 0. The average Bonchev–Trinajstić information content (AvgIpc) is 3.44. The van der Waals surface area contributed by atoms with E-state index in [0.717, 1.165) is 16.5 Å². The first-order valence-electron chi connectivity index (χ1n) is 9.30. The van der Waals surface area contributed by atoms with Gasteiger partial charge in [-0.25, -0.2) is 0 Å². The van der Waals surface area contributed by atoms with Crippen LogP contribution in [0.15, 0.2) is 77.4 Å². The first kappa shape index (κ1) is 19.2. The van der Waals surface area contributed by atoms with Crippen LogP contribution in [0, 0.1) is 0 Å². The molecule has 150 valence electrons. The minimum absolute atomic E-state index is 0.0881. The van der Waals surface area contributed by atoms with Crippen molar-refractivity contribution in [3.63, 3.8) is 0 Å². The molecule has 0 aliphatic heterocycles. The monoisotopic (exact) mass is 402 g/mol. The molecular weight excluding hydrogens is 384 g/mol. The zero-order valence-corrected chi connectivity index (χ0v) is 15.9. The molecule has 0 atom stereocenters. The first-order chi connectivity index (χ1) is 14.6. The summed E-state index contributed by atoms with van der Waals surface area (Å²) in [7, 11) is 0. The number of carbonyl (C=O) groups is 3. The third kappa shape index (κ3) is 4.00. The molecular formula is C23H18N2O5. The summed E-state index contributed by atoms with van der Waals surface area (Å²) in [5, 5.41) is 3.14. The summed E-state index contributed by atoms with van der Waals surface area (Å²) in [5.74, 6) is -1.50. The van der Waals surface area contributed by atoms with Crippen LogP contribution in [0.3, 0.4) is 0 Å². The summed E-state index contributed by atoms with van der Waals surface area (Å²) in [6, 6.07) is 20.0. The second-order valence-electron chi connectivity index (χ2n) is 6.53.